The number of rotatable bonds is 0. The molecule has 3 atom stereocenters. The smallest absolute Gasteiger partial charge is 0.167 e. The van der Waals surface area contributed by atoms with Crippen LogP contribution < -0.4 is 0 Å². The van der Waals surface area contributed by atoms with E-state index in [9.17, 15) is 10.2 Å². The Labute approximate surface area is 61.9 Å². The highest BCUT2D eigenvalue weighted by molar-refractivity contribution is 4.89. The first-order chi connectivity index (χ1) is 4.46. The molecule has 1 fully saturated rings. The van der Waals surface area contributed by atoms with Crippen molar-refractivity contribution in [1.82, 2.24) is 0 Å². The largest absolute Gasteiger partial charge is 0.365 e. The molecule has 0 aromatic heterocycles. The second-order valence-electron chi connectivity index (χ2n) is 3.69. The van der Waals surface area contributed by atoms with Crippen LogP contribution in [0.1, 0.15) is 27.2 Å². The minimum absolute atomic E-state index is 0.0162. The first-order valence-electron chi connectivity index (χ1n) is 3.91. The molecule has 1 aliphatic rings. The summed E-state index contributed by atoms with van der Waals surface area (Å²) in [6.45, 7) is 5.85. The Hall–Kier alpha value is -0.0800. The second kappa shape index (κ2) is 2.21. The third-order valence-electron chi connectivity index (χ3n) is 2.97. The minimum atomic E-state index is -1.42. The first-order valence-corrected chi connectivity index (χ1v) is 3.91. The Kier molecular flexibility index (Phi) is 1.77. The molecule has 0 aromatic rings. The molecule has 1 rings (SSSR count). The summed E-state index contributed by atoms with van der Waals surface area (Å²) >= 11 is 0. The average molecular weight is 144 g/mol. The zero-order chi connectivity index (χ0) is 7.94. The number of hydrogen-bond acceptors (Lipinski definition) is 2. The van der Waals surface area contributed by atoms with E-state index in [4.69, 9.17) is 0 Å². The maximum Gasteiger partial charge on any atom is 0.167 e. The molecular weight excluding hydrogens is 128 g/mol. The van der Waals surface area contributed by atoms with Crippen molar-refractivity contribution in [2.75, 3.05) is 0 Å². The maximum atomic E-state index is 9.46. The molecular formula is C8H16O2. The highest BCUT2D eigenvalue weighted by Gasteiger charge is 2.46. The fourth-order valence-corrected chi connectivity index (χ4v) is 1.80. The fourth-order valence-electron chi connectivity index (χ4n) is 1.80. The molecule has 1 saturated carbocycles. The summed E-state index contributed by atoms with van der Waals surface area (Å²) in [5.74, 6) is -0.940. The first kappa shape index (κ1) is 8.02. The van der Waals surface area contributed by atoms with Gasteiger partial charge in [-0.05, 0) is 12.3 Å². The van der Waals surface area contributed by atoms with Gasteiger partial charge in [0.15, 0.2) is 5.79 Å². The van der Waals surface area contributed by atoms with Crippen molar-refractivity contribution in [2.45, 2.75) is 33.0 Å². The number of hydrogen-bond donors (Lipinski definition) is 2. The zero-order valence-electron chi connectivity index (χ0n) is 6.83. The molecule has 3 unspecified atom stereocenters. The van der Waals surface area contributed by atoms with Crippen LogP contribution in [0.5, 0.6) is 0 Å². The van der Waals surface area contributed by atoms with E-state index in [-0.39, 0.29) is 11.8 Å². The van der Waals surface area contributed by atoms with Crippen LogP contribution in [0, 0.1) is 17.8 Å². The van der Waals surface area contributed by atoms with Crippen LogP contribution in [-0.4, -0.2) is 16.0 Å². The molecule has 0 aromatic carbocycles. The molecule has 0 aliphatic heterocycles. The fraction of sp³-hybridized carbons (Fsp3) is 1.00. The lowest BCUT2D eigenvalue weighted by atomic mass is 9.96. The average Bonchev–Trinajstić information content (AvgIpc) is 1.97. The topological polar surface area (TPSA) is 40.5 Å². The summed E-state index contributed by atoms with van der Waals surface area (Å²) in [4.78, 5) is 0. The van der Waals surface area contributed by atoms with Crippen LogP contribution in [0.2, 0.25) is 0 Å². The standard InChI is InChI=1S/C8H16O2/c1-5-4-6(2)8(9,10)7(5)3/h5-7,9-10H,4H2,1-3H3. The van der Waals surface area contributed by atoms with Gasteiger partial charge in [0.25, 0.3) is 0 Å². The van der Waals surface area contributed by atoms with Gasteiger partial charge in [-0.25, -0.2) is 0 Å². The summed E-state index contributed by atoms with van der Waals surface area (Å²) < 4.78 is 0. The van der Waals surface area contributed by atoms with Crippen molar-refractivity contribution in [2.24, 2.45) is 17.8 Å². The summed E-state index contributed by atoms with van der Waals surface area (Å²) in [5.41, 5.74) is 0. The van der Waals surface area contributed by atoms with E-state index in [0.29, 0.717) is 5.92 Å². The lowest BCUT2D eigenvalue weighted by Crippen LogP contribution is -2.37. The predicted molar refractivity (Wildman–Crippen MR) is 39.3 cm³/mol. The molecule has 2 nitrogen and oxygen atoms in total. The van der Waals surface area contributed by atoms with E-state index in [1.807, 2.05) is 13.8 Å². The third kappa shape index (κ3) is 0.956. The van der Waals surface area contributed by atoms with Crippen molar-refractivity contribution < 1.29 is 10.2 Å². The van der Waals surface area contributed by atoms with Crippen LogP contribution >= 0.6 is 0 Å². The molecule has 0 saturated heterocycles. The van der Waals surface area contributed by atoms with Crippen molar-refractivity contribution in [3.63, 3.8) is 0 Å². The van der Waals surface area contributed by atoms with Gasteiger partial charge in [0, 0.05) is 11.8 Å². The van der Waals surface area contributed by atoms with Crippen LogP contribution in [-0.2, 0) is 0 Å². The predicted octanol–water partition coefficient (Wildman–Crippen LogP) is 0.979. The Bertz CT molecular complexity index is 131. The molecule has 2 heteroatoms. The Morgan fingerprint density at radius 2 is 1.70 bits per heavy atom. The third-order valence-corrected chi connectivity index (χ3v) is 2.97. The lowest BCUT2D eigenvalue weighted by Gasteiger charge is -2.25. The maximum absolute atomic E-state index is 9.46. The van der Waals surface area contributed by atoms with Gasteiger partial charge in [0.2, 0.25) is 0 Å². The van der Waals surface area contributed by atoms with E-state index >= 15 is 0 Å². The molecule has 0 heterocycles. The minimum Gasteiger partial charge on any atom is -0.365 e. The molecule has 0 radical (unpaired) electrons. The Morgan fingerprint density at radius 3 is 1.80 bits per heavy atom. The SMILES string of the molecule is CC1CC(C)C(O)(O)C1C. The van der Waals surface area contributed by atoms with Crippen molar-refractivity contribution in [3.8, 4) is 0 Å². The lowest BCUT2D eigenvalue weighted by molar-refractivity contribution is -0.209. The van der Waals surface area contributed by atoms with Gasteiger partial charge in [0.05, 0.1) is 0 Å². The van der Waals surface area contributed by atoms with E-state index in [2.05, 4.69) is 6.92 Å². The van der Waals surface area contributed by atoms with Crippen LogP contribution in [0.25, 0.3) is 0 Å². The summed E-state index contributed by atoms with van der Waals surface area (Å²) in [6.07, 6.45) is 0.925. The quantitative estimate of drug-likeness (QED) is 0.497. The summed E-state index contributed by atoms with van der Waals surface area (Å²) in [6, 6.07) is 0. The molecule has 2 N–H and O–H groups in total. The second-order valence-corrected chi connectivity index (χ2v) is 3.69. The van der Waals surface area contributed by atoms with Gasteiger partial charge in [-0.1, -0.05) is 20.8 Å². The summed E-state index contributed by atoms with van der Waals surface area (Å²) in [5, 5.41) is 18.9. The zero-order valence-corrected chi connectivity index (χ0v) is 6.83. The van der Waals surface area contributed by atoms with Gasteiger partial charge >= 0.3 is 0 Å². The molecule has 0 bridgehead atoms. The highest BCUT2D eigenvalue weighted by Crippen LogP contribution is 2.42. The van der Waals surface area contributed by atoms with E-state index in [0.717, 1.165) is 6.42 Å². The highest BCUT2D eigenvalue weighted by atomic mass is 16.5. The Morgan fingerprint density at radius 1 is 1.20 bits per heavy atom. The van der Waals surface area contributed by atoms with Gasteiger partial charge in [-0.2, -0.15) is 0 Å². The molecule has 10 heavy (non-hydrogen) atoms. The molecule has 0 amide bonds. The van der Waals surface area contributed by atoms with E-state index in [1.165, 1.54) is 0 Å². The van der Waals surface area contributed by atoms with Crippen molar-refractivity contribution in [3.05, 3.63) is 0 Å². The molecule has 0 spiro atoms. The normalized spacial score (nSPS) is 45.9. The number of aliphatic hydroxyl groups is 2. The molecule has 60 valence electrons. The van der Waals surface area contributed by atoms with Crippen LogP contribution in [0.3, 0.4) is 0 Å². The van der Waals surface area contributed by atoms with Crippen molar-refractivity contribution >= 4 is 0 Å². The Balaban J connectivity index is 2.75. The van der Waals surface area contributed by atoms with Gasteiger partial charge in [-0.3, -0.25) is 0 Å². The van der Waals surface area contributed by atoms with Gasteiger partial charge in [-0.15, -0.1) is 0 Å². The molecule has 1 aliphatic carbocycles. The van der Waals surface area contributed by atoms with Gasteiger partial charge < -0.3 is 10.2 Å². The van der Waals surface area contributed by atoms with Crippen molar-refractivity contribution in [1.29, 1.82) is 0 Å². The van der Waals surface area contributed by atoms with Gasteiger partial charge in [0.1, 0.15) is 0 Å². The van der Waals surface area contributed by atoms with E-state index in [1.54, 1.807) is 0 Å². The van der Waals surface area contributed by atoms with Crippen LogP contribution in [0.4, 0.5) is 0 Å². The monoisotopic (exact) mass is 144 g/mol. The summed E-state index contributed by atoms with van der Waals surface area (Å²) in [7, 11) is 0. The van der Waals surface area contributed by atoms with Crippen LogP contribution in [0.15, 0.2) is 0 Å². The van der Waals surface area contributed by atoms with E-state index < -0.39 is 5.79 Å².